The number of fused-ring (bicyclic) bond motifs is 1. The average Bonchev–Trinajstić information content (AvgIpc) is 3.54. The summed E-state index contributed by atoms with van der Waals surface area (Å²) in [5.74, 6) is 2.48. The minimum Gasteiger partial charge on any atom is -0.379 e. The van der Waals surface area contributed by atoms with Crippen molar-refractivity contribution in [1.82, 2.24) is 35.0 Å². The van der Waals surface area contributed by atoms with Crippen molar-refractivity contribution in [3.05, 3.63) is 29.9 Å². The Morgan fingerprint density at radius 3 is 2.97 bits per heavy atom. The van der Waals surface area contributed by atoms with Crippen LogP contribution in [0.15, 0.2) is 29.9 Å². The number of morpholine rings is 1. The van der Waals surface area contributed by atoms with Gasteiger partial charge in [-0.25, -0.2) is 15.0 Å². The maximum atomic E-state index is 5.99. The smallest absolute Gasteiger partial charge is 0.224 e. The first-order valence-electron chi connectivity index (χ1n) is 11.1. The van der Waals surface area contributed by atoms with Gasteiger partial charge in [0.2, 0.25) is 11.9 Å². The van der Waals surface area contributed by atoms with E-state index < -0.39 is 0 Å². The summed E-state index contributed by atoms with van der Waals surface area (Å²) < 4.78 is 5.39. The van der Waals surface area contributed by atoms with Gasteiger partial charge in [0.25, 0.3) is 0 Å². The number of nitrogens with one attached hydrogen (secondary N) is 3. The minimum absolute atomic E-state index is 0.0828. The fraction of sp³-hybridized carbons (Fsp3) is 0.476. The van der Waals surface area contributed by atoms with E-state index in [2.05, 4.69) is 57.2 Å². The maximum Gasteiger partial charge on any atom is 0.224 e. The summed E-state index contributed by atoms with van der Waals surface area (Å²) in [4.78, 5) is 20.4. The first kappa shape index (κ1) is 22.0. The van der Waals surface area contributed by atoms with Gasteiger partial charge < -0.3 is 21.1 Å². The largest absolute Gasteiger partial charge is 0.379 e. The molecule has 174 valence electrons. The number of hydrogen-bond acceptors (Lipinski definition) is 11. The van der Waals surface area contributed by atoms with Crippen molar-refractivity contribution >= 4 is 34.7 Å². The van der Waals surface area contributed by atoms with Crippen molar-refractivity contribution in [2.45, 2.75) is 6.04 Å². The molecule has 2 aliphatic rings. The third kappa shape index (κ3) is 5.24. The van der Waals surface area contributed by atoms with Crippen LogP contribution in [-0.4, -0.2) is 92.8 Å². The summed E-state index contributed by atoms with van der Waals surface area (Å²) in [5, 5.41) is 17.0. The highest BCUT2D eigenvalue weighted by molar-refractivity contribution is 8.02. The van der Waals surface area contributed by atoms with Gasteiger partial charge in [0.1, 0.15) is 0 Å². The first-order valence-corrected chi connectivity index (χ1v) is 12.2. The molecule has 3 aromatic heterocycles. The number of nitrogens with zero attached hydrogens (tertiary/aromatic N) is 6. The van der Waals surface area contributed by atoms with E-state index in [0.717, 1.165) is 61.9 Å². The summed E-state index contributed by atoms with van der Waals surface area (Å²) in [6.45, 7) is 5.70. The standard InChI is InChI=1S/C21H28N10OS/c22-11-17(14-2-10-33-13-14)27-21-23-3-1-16(26-21)18-15-12-25-20(28-19(15)30-29-18)24-4-5-31-6-8-32-9-7-31/h1-3,10,12,14,17H,4-9,11,13,22H2,(H,23,26,27)(H2,24,25,28,29,30). The van der Waals surface area contributed by atoms with E-state index >= 15 is 0 Å². The Bertz CT molecular complexity index is 1100. The molecule has 0 bridgehead atoms. The van der Waals surface area contributed by atoms with Gasteiger partial charge in [-0.2, -0.15) is 10.1 Å². The molecule has 0 amide bonds. The lowest BCUT2D eigenvalue weighted by Gasteiger charge is -2.26. The zero-order valence-corrected chi connectivity index (χ0v) is 19.1. The predicted octanol–water partition coefficient (Wildman–Crippen LogP) is 1.17. The molecule has 0 spiro atoms. The van der Waals surface area contributed by atoms with E-state index in [0.29, 0.717) is 30.0 Å². The minimum atomic E-state index is 0.0828. The van der Waals surface area contributed by atoms with Gasteiger partial charge in [-0.05, 0) is 11.5 Å². The van der Waals surface area contributed by atoms with Gasteiger partial charge in [-0.1, -0.05) is 6.08 Å². The number of thioether (sulfide) groups is 1. The third-order valence-electron chi connectivity index (χ3n) is 5.83. The Kier molecular flexibility index (Phi) is 6.95. The number of aromatic amines is 1. The number of hydrogen-bond donors (Lipinski definition) is 4. The van der Waals surface area contributed by atoms with E-state index in [1.54, 1.807) is 24.2 Å². The molecule has 11 nitrogen and oxygen atoms in total. The molecular formula is C21H28N10OS. The average molecular weight is 469 g/mol. The lowest BCUT2D eigenvalue weighted by Crippen LogP contribution is -2.39. The van der Waals surface area contributed by atoms with Crippen LogP contribution in [0.3, 0.4) is 0 Å². The molecule has 0 aliphatic carbocycles. The molecular weight excluding hydrogens is 440 g/mol. The lowest BCUT2D eigenvalue weighted by molar-refractivity contribution is 0.0398. The van der Waals surface area contributed by atoms with E-state index in [9.17, 15) is 0 Å². The van der Waals surface area contributed by atoms with Crippen LogP contribution in [0.1, 0.15) is 0 Å². The van der Waals surface area contributed by atoms with Crippen LogP contribution < -0.4 is 16.4 Å². The van der Waals surface area contributed by atoms with Gasteiger partial charge in [-0.15, -0.1) is 11.8 Å². The molecule has 5 N–H and O–H groups in total. The Morgan fingerprint density at radius 2 is 2.15 bits per heavy atom. The summed E-state index contributed by atoms with van der Waals surface area (Å²) in [5.41, 5.74) is 8.06. The van der Waals surface area contributed by atoms with Crippen molar-refractivity contribution in [3.63, 3.8) is 0 Å². The molecule has 2 aliphatic heterocycles. The summed E-state index contributed by atoms with van der Waals surface area (Å²) in [6, 6.07) is 1.93. The van der Waals surface area contributed by atoms with E-state index in [1.165, 1.54) is 0 Å². The van der Waals surface area contributed by atoms with Crippen molar-refractivity contribution in [2.24, 2.45) is 11.7 Å². The molecule has 2 atom stereocenters. The molecule has 3 aromatic rings. The molecule has 0 radical (unpaired) electrons. The second-order valence-corrected chi connectivity index (χ2v) is 8.93. The number of rotatable bonds is 9. The van der Waals surface area contributed by atoms with Crippen LogP contribution in [0.2, 0.25) is 0 Å². The normalized spacial score (nSPS) is 19.7. The quantitative estimate of drug-likeness (QED) is 0.359. The zero-order valence-electron chi connectivity index (χ0n) is 18.3. The van der Waals surface area contributed by atoms with Crippen LogP contribution in [0, 0.1) is 5.92 Å². The molecule has 0 saturated carbocycles. The van der Waals surface area contributed by atoms with Gasteiger partial charge in [0, 0.05) is 62.8 Å². The highest BCUT2D eigenvalue weighted by Gasteiger charge is 2.22. The van der Waals surface area contributed by atoms with E-state index in [1.807, 2.05) is 6.07 Å². The highest BCUT2D eigenvalue weighted by atomic mass is 32.2. The number of aromatic nitrogens is 6. The molecule has 5 rings (SSSR count). The number of anilines is 2. The van der Waals surface area contributed by atoms with E-state index in [-0.39, 0.29) is 6.04 Å². The van der Waals surface area contributed by atoms with Crippen LogP contribution >= 0.6 is 11.8 Å². The predicted molar refractivity (Wildman–Crippen MR) is 130 cm³/mol. The van der Waals surface area contributed by atoms with Gasteiger partial charge in [-0.3, -0.25) is 10.00 Å². The van der Waals surface area contributed by atoms with Gasteiger partial charge >= 0.3 is 0 Å². The third-order valence-corrected chi connectivity index (χ3v) is 6.76. The molecule has 33 heavy (non-hydrogen) atoms. The molecule has 1 saturated heterocycles. The molecule has 2 unspecified atom stereocenters. The van der Waals surface area contributed by atoms with Crippen molar-refractivity contribution in [3.8, 4) is 11.4 Å². The maximum absolute atomic E-state index is 5.99. The Labute approximate surface area is 196 Å². The Balaban J connectivity index is 1.26. The number of H-pyrrole nitrogens is 1. The van der Waals surface area contributed by atoms with Crippen molar-refractivity contribution in [1.29, 1.82) is 0 Å². The fourth-order valence-electron chi connectivity index (χ4n) is 3.94. The fourth-order valence-corrected chi connectivity index (χ4v) is 4.93. The number of ether oxygens (including phenoxy) is 1. The topological polar surface area (TPSA) is 143 Å². The van der Waals surface area contributed by atoms with Crippen LogP contribution in [-0.2, 0) is 4.74 Å². The van der Waals surface area contributed by atoms with Gasteiger partial charge in [0.05, 0.1) is 30.0 Å². The number of nitrogens with two attached hydrogens (primary N) is 1. The summed E-state index contributed by atoms with van der Waals surface area (Å²) in [7, 11) is 0. The highest BCUT2D eigenvalue weighted by Crippen LogP contribution is 2.26. The van der Waals surface area contributed by atoms with Gasteiger partial charge in [0.15, 0.2) is 5.65 Å². The Morgan fingerprint density at radius 1 is 1.24 bits per heavy atom. The summed E-state index contributed by atoms with van der Waals surface area (Å²) >= 11 is 1.80. The van der Waals surface area contributed by atoms with Crippen molar-refractivity contribution < 1.29 is 4.74 Å². The molecule has 0 aromatic carbocycles. The lowest BCUT2D eigenvalue weighted by atomic mass is 10.0. The first-order chi connectivity index (χ1) is 16.3. The molecule has 5 heterocycles. The molecule has 1 fully saturated rings. The second kappa shape index (κ2) is 10.4. The second-order valence-electron chi connectivity index (χ2n) is 7.99. The van der Waals surface area contributed by atoms with Crippen molar-refractivity contribution in [2.75, 3.05) is 62.3 Å². The summed E-state index contributed by atoms with van der Waals surface area (Å²) in [6.07, 6.45) is 5.69. The zero-order chi connectivity index (χ0) is 22.5. The SMILES string of the molecule is NCC(Nc1nccc(-c2[nH]nc3nc(NCCN4CCOCC4)ncc23)n1)C1C=CSC1. The molecule has 12 heteroatoms. The van der Waals surface area contributed by atoms with E-state index in [4.69, 9.17) is 10.5 Å². The van der Waals surface area contributed by atoms with Crippen LogP contribution in [0.4, 0.5) is 11.9 Å². The monoisotopic (exact) mass is 468 g/mol. The van der Waals surface area contributed by atoms with Crippen LogP contribution in [0.5, 0.6) is 0 Å². The Hall–Kier alpha value is -2.80. The van der Waals surface area contributed by atoms with Crippen LogP contribution in [0.25, 0.3) is 22.4 Å².